The first-order chi connectivity index (χ1) is 15.1. The summed E-state index contributed by atoms with van der Waals surface area (Å²) < 4.78 is 5.10. The predicted octanol–water partition coefficient (Wildman–Crippen LogP) is 2.53. The van der Waals surface area contributed by atoms with Crippen molar-refractivity contribution >= 4 is 28.8 Å². The summed E-state index contributed by atoms with van der Waals surface area (Å²) in [6.45, 7) is 5.91. The van der Waals surface area contributed by atoms with E-state index < -0.39 is 0 Å². The molecule has 8 heteroatoms. The topological polar surface area (TPSA) is 85.9 Å². The first-order valence-corrected chi connectivity index (χ1v) is 11.8. The predicted molar refractivity (Wildman–Crippen MR) is 125 cm³/mol. The maximum atomic E-state index is 12.4. The Kier molecular flexibility index (Phi) is 6.89. The van der Waals surface area contributed by atoms with Crippen LogP contribution in [-0.2, 0) is 9.53 Å². The minimum Gasteiger partial charge on any atom is -0.468 e. The van der Waals surface area contributed by atoms with Gasteiger partial charge < -0.3 is 15.4 Å². The smallest absolute Gasteiger partial charge is 0.327 e. The number of anilines is 1. The van der Waals surface area contributed by atoms with Crippen molar-refractivity contribution in [3.63, 3.8) is 0 Å². The molecule has 4 rings (SSSR count). The normalized spacial score (nSPS) is 19.8. The molecule has 166 valence electrons. The van der Waals surface area contributed by atoms with E-state index in [0.717, 1.165) is 63.2 Å². The van der Waals surface area contributed by atoms with Crippen molar-refractivity contribution in [3.05, 3.63) is 52.2 Å². The molecule has 2 aliphatic heterocycles. The van der Waals surface area contributed by atoms with Gasteiger partial charge in [0.25, 0.3) is 0 Å². The number of esters is 1. The molecule has 0 aliphatic carbocycles. The number of piperidine rings is 1. The number of hydrogen-bond acceptors (Lipinski definition) is 7. The van der Waals surface area contributed by atoms with E-state index in [1.165, 1.54) is 12.8 Å². The molecule has 0 saturated carbocycles. The third-order valence-corrected chi connectivity index (χ3v) is 7.22. The van der Waals surface area contributed by atoms with Gasteiger partial charge in [0.05, 0.1) is 7.11 Å². The van der Waals surface area contributed by atoms with Crippen molar-refractivity contribution in [1.82, 2.24) is 9.80 Å². The molecule has 1 atom stereocenters. The van der Waals surface area contributed by atoms with Crippen LogP contribution in [0.2, 0.25) is 0 Å². The van der Waals surface area contributed by atoms with Gasteiger partial charge in [-0.1, -0.05) is 0 Å². The Morgan fingerprint density at radius 3 is 2.32 bits per heavy atom. The second-order valence-electron chi connectivity index (χ2n) is 8.23. The number of benzene rings is 1. The number of methoxy groups -OCH3 is 1. The molecule has 2 aromatic rings. The van der Waals surface area contributed by atoms with Gasteiger partial charge in [-0.3, -0.25) is 15.2 Å². The number of likely N-dealkylation sites (tertiary alicyclic amines) is 1. The van der Waals surface area contributed by atoms with E-state index >= 15 is 0 Å². The van der Waals surface area contributed by atoms with Gasteiger partial charge in [-0.2, -0.15) is 11.3 Å². The first kappa shape index (κ1) is 21.8. The Bertz CT molecular complexity index is 870. The minimum absolute atomic E-state index is 0.108. The van der Waals surface area contributed by atoms with E-state index in [4.69, 9.17) is 15.9 Å². The minimum atomic E-state index is -0.285. The molecule has 1 aromatic heterocycles. The van der Waals surface area contributed by atoms with Gasteiger partial charge in [-0.05, 0) is 59.5 Å². The van der Waals surface area contributed by atoms with Crippen LogP contribution in [-0.4, -0.2) is 74.0 Å². The number of hydrogen-bond donors (Lipinski definition) is 2. The van der Waals surface area contributed by atoms with Crippen LogP contribution in [0.1, 0.15) is 30.0 Å². The monoisotopic (exact) mass is 441 g/mol. The summed E-state index contributed by atoms with van der Waals surface area (Å²) in [5, 5.41) is 11.6. The molecule has 0 radical (unpaired) electrons. The lowest BCUT2D eigenvalue weighted by Crippen LogP contribution is -2.54. The average Bonchev–Trinajstić information content (AvgIpc) is 3.34. The number of nitrogen functional groups attached to an aromatic ring is 1. The summed E-state index contributed by atoms with van der Waals surface area (Å²) in [6.07, 6.45) is 2.15. The van der Waals surface area contributed by atoms with Crippen molar-refractivity contribution < 1.29 is 9.53 Å². The Hall–Kier alpha value is -2.42. The van der Waals surface area contributed by atoms with Crippen LogP contribution in [0.4, 0.5) is 5.69 Å². The molecule has 2 fully saturated rings. The van der Waals surface area contributed by atoms with Gasteiger partial charge in [0.2, 0.25) is 0 Å². The molecule has 2 saturated heterocycles. The molecule has 1 unspecified atom stereocenters. The van der Waals surface area contributed by atoms with E-state index in [1.807, 2.05) is 23.6 Å². The van der Waals surface area contributed by atoms with Gasteiger partial charge in [0.1, 0.15) is 11.9 Å². The van der Waals surface area contributed by atoms with Crippen molar-refractivity contribution in [2.45, 2.75) is 24.9 Å². The van der Waals surface area contributed by atoms with Crippen LogP contribution < -0.4 is 10.6 Å². The van der Waals surface area contributed by atoms with E-state index in [9.17, 15) is 4.79 Å². The van der Waals surface area contributed by atoms with Crippen LogP contribution in [0, 0.1) is 5.41 Å². The number of thiophene rings is 1. The molecule has 2 aliphatic rings. The Balaban J connectivity index is 1.30. The van der Waals surface area contributed by atoms with Crippen LogP contribution in [0.25, 0.3) is 0 Å². The number of nitrogens with one attached hydrogen (secondary N) is 1. The number of amidine groups is 1. The van der Waals surface area contributed by atoms with Crippen molar-refractivity contribution in [2.24, 2.45) is 5.73 Å². The fourth-order valence-corrected chi connectivity index (χ4v) is 5.42. The Morgan fingerprint density at radius 1 is 1.10 bits per heavy atom. The summed E-state index contributed by atoms with van der Waals surface area (Å²) in [5.74, 6) is -0.0580. The molecule has 3 heterocycles. The summed E-state index contributed by atoms with van der Waals surface area (Å²) >= 11 is 1.62. The second-order valence-corrected chi connectivity index (χ2v) is 9.01. The molecule has 0 spiro atoms. The van der Waals surface area contributed by atoms with Gasteiger partial charge in [0, 0.05) is 56.6 Å². The summed E-state index contributed by atoms with van der Waals surface area (Å²) in [4.78, 5) is 19.7. The summed E-state index contributed by atoms with van der Waals surface area (Å²) in [5.41, 5.74) is 8.56. The van der Waals surface area contributed by atoms with E-state index in [-0.39, 0.29) is 17.8 Å². The zero-order valence-corrected chi connectivity index (χ0v) is 18.8. The lowest BCUT2D eigenvalue weighted by molar-refractivity contribution is -0.148. The highest BCUT2D eigenvalue weighted by atomic mass is 32.1. The number of rotatable bonds is 6. The van der Waals surface area contributed by atoms with Crippen molar-refractivity contribution in [3.8, 4) is 0 Å². The number of carbonyl (C=O) groups is 1. The van der Waals surface area contributed by atoms with Crippen LogP contribution in [0.5, 0.6) is 0 Å². The van der Waals surface area contributed by atoms with Gasteiger partial charge in [-0.25, -0.2) is 4.79 Å². The van der Waals surface area contributed by atoms with Crippen molar-refractivity contribution in [1.29, 1.82) is 5.41 Å². The second kappa shape index (κ2) is 9.80. The Labute approximate surface area is 187 Å². The number of ether oxygens (including phenoxy) is 1. The van der Waals surface area contributed by atoms with Crippen LogP contribution in [0.15, 0.2) is 41.1 Å². The lowest BCUT2D eigenvalue weighted by atomic mass is 9.98. The molecule has 1 aromatic carbocycles. The fraction of sp³-hybridized carbons (Fsp3) is 0.478. The number of carbonyl (C=O) groups excluding carboxylic acids is 1. The van der Waals surface area contributed by atoms with Gasteiger partial charge in [0.15, 0.2) is 0 Å². The van der Waals surface area contributed by atoms with E-state index in [1.54, 1.807) is 11.3 Å². The SMILES string of the molecule is COC(=O)C(c1ccsc1)N1CCC(N2CCN(c3ccc(C(=N)N)cc3)CC2)CC1. The van der Waals surface area contributed by atoms with E-state index in [0.29, 0.717) is 6.04 Å². The number of nitrogens with zero attached hydrogens (tertiary/aromatic N) is 3. The fourth-order valence-electron chi connectivity index (χ4n) is 4.74. The zero-order chi connectivity index (χ0) is 21.8. The zero-order valence-electron chi connectivity index (χ0n) is 18.0. The number of piperazine rings is 1. The summed E-state index contributed by atoms with van der Waals surface area (Å²) in [7, 11) is 1.47. The first-order valence-electron chi connectivity index (χ1n) is 10.8. The summed E-state index contributed by atoms with van der Waals surface area (Å²) in [6, 6.07) is 10.3. The lowest BCUT2D eigenvalue weighted by Gasteiger charge is -2.44. The third-order valence-electron chi connectivity index (χ3n) is 6.52. The average molecular weight is 442 g/mol. The quantitative estimate of drug-likeness (QED) is 0.407. The highest BCUT2D eigenvalue weighted by Crippen LogP contribution is 2.29. The maximum absolute atomic E-state index is 12.4. The highest BCUT2D eigenvalue weighted by molar-refractivity contribution is 7.08. The molecular weight excluding hydrogens is 410 g/mol. The molecule has 0 bridgehead atoms. The standard InChI is InChI=1S/C23H31N5O2S/c1-30-23(29)21(18-8-15-31-16-18)28-9-6-20(7-10-28)27-13-11-26(12-14-27)19-4-2-17(3-5-19)22(24)25/h2-5,8,15-16,20-21H,6-7,9-14H2,1H3,(H3,24,25). The largest absolute Gasteiger partial charge is 0.468 e. The third kappa shape index (κ3) is 4.92. The van der Waals surface area contributed by atoms with Crippen LogP contribution in [0.3, 0.4) is 0 Å². The van der Waals surface area contributed by atoms with E-state index in [2.05, 4.69) is 32.2 Å². The molecular formula is C23H31N5O2S. The van der Waals surface area contributed by atoms with Crippen LogP contribution >= 0.6 is 11.3 Å². The molecule has 0 amide bonds. The van der Waals surface area contributed by atoms with Gasteiger partial charge in [-0.15, -0.1) is 0 Å². The molecule has 3 N–H and O–H groups in total. The Morgan fingerprint density at radius 2 is 1.77 bits per heavy atom. The highest BCUT2D eigenvalue weighted by Gasteiger charge is 2.34. The maximum Gasteiger partial charge on any atom is 0.327 e. The molecule has 7 nitrogen and oxygen atoms in total. The van der Waals surface area contributed by atoms with Gasteiger partial charge >= 0.3 is 5.97 Å². The molecule has 31 heavy (non-hydrogen) atoms. The van der Waals surface area contributed by atoms with Crippen molar-refractivity contribution in [2.75, 3.05) is 51.3 Å². The number of nitrogens with two attached hydrogens (primary N) is 1.